The van der Waals surface area contributed by atoms with Gasteiger partial charge < -0.3 is 5.32 Å². The predicted molar refractivity (Wildman–Crippen MR) is 69.0 cm³/mol. The van der Waals surface area contributed by atoms with Crippen LogP contribution in [0.4, 0.5) is 10.1 Å². The van der Waals surface area contributed by atoms with Crippen molar-refractivity contribution in [1.82, 2.24) is 4.67 Å². The normalized spacial score (nSPS) is 17.7. The molecule has 0 saturated carbocycles. The molecule has 0 bridgehead atoms. The highest BCUT2D eigenvalue weighted by Crippen LogP contribution is 2.21. The van der Waals surface area contributed by atoms with Gasteiger partial charge in [0.1, 0.15) is 5.82 Å². The number of nitriles is 1. The first-order valence-corrected chi connectivity index (χ1v) is 6.16. The van der Waals surface area contributed by atoms with Crippen molar-refractivity contribution in [1.29, 1.82) is 5.26 Å². The molecule has 1 atom stereocenters. The summed E-state index contributed by atoms with van der Waals surface area (Å²) in [4.78, 5) is 0. The standard InChI is InChI=1S/C12H15FN3P/c13-11-2-1-9(8-14)7-12(11)15-10-3-5-16(17)6-4-10/h1-2,7,10,15H,3-6,17H2. The number of nitrogens with one attached hydrogen (secondary N) is 1. The molecule has 1 aliphatic heterocycles. The number of rotatable bonds is 2. The molecule has 1 heterocycles. The Labute approximate surface area is 103 Å². The molecule has 1 fully saturated rings. The molecule has 17 heavy (non-hydrogen) atoms. The average Bonchev–Trinajstić information content (AvgIpc) is 2.35. The third kappa shape index (κ3) is 3.15. The van der Waals surface area contributed by atoms with E-state index >= 15 is 0 Å². The maximum atomic E-state index is 13.6. The van der Waals surface area contributed by atoms with Gasteiger partial charge in [-0.05, 0) is 31.0 Å². The number of hydrogen-bond donors (Lipinski definition) is 1. The smallest absolute Gasteiger partial charge is 0.146 e. The van der Waals surface area contributed by atoms with E-state index in [4.69, 9.17) is 5.26 Å². The van der Waals surface area contributed by atoms with Crippen molar-refractivity contribution in [3.05, 3.63) is 29.6 Å². The molecule has 0 amide bonds. The van der Waals surface area contributed by atoms with Gasteiger partial charge >= 0.3 is 0 Å². The Balaban J connectivity index is 2.05. The summed E-state index contributed by atoms with van der Waals surface area (Å²) in [5, 5.41) is 12.0. The Morgan fingerprint density at radius 2 is 2.12 bits per heavy atom. The van der Waals surface area contributed by atoms with Gasteiger partial charge in [0.25, 0.3) is 0 Å². The van der Waals surface area contributed by atoms with Crippen LogP contribution in [0.1, 0.15) is 18.4 Å². The van der Waals surface area contributed by atoms with Crippen LogP contribution in [0.25, 0.3) is 0 Å². The van der Waals surface area contributed by atoms with Crippen molar-refractivity contribution >= 4 is 15.1 Å². The Morgan fingerprint density at radius 1 is 1.41 bits per heavy atom. The van der Waals surface area contributed by atoms with Crippen LogP contribution in [0.5, 0.6) is 0 Å². The average molecular weight is 251 g/mol. The van der Waals surface area contributed by atoms with Crippen molar-refractivity contribution in [3.8, 4) is 6.07 Å². The van der Waals surface area contributed by atoms with E-state index in [0.717, 1.165) is 25.9 Å². The first-order chi connectivity index (χ1) is 8.19. The third-order valence-electron chi connectivity index (χ3n) is 2.98. The zero-order valence-corrected chi connectivity index (χ0v) is 10.6. The second-order valence-electron chi connectivity index (χ2n) is 4.26. The van der Waals surface area contributed by atoms with Gasteiger partial charge in [0.05, 0.1) is 17.3 Å². The Kier molecular flexibility index (Phi) is 3.93. The maximum absolute atomic E-state index is 13.6. The quantitative estimate of drug-likeness (QED) is 0.820. The number of nitrogens with zero attached hydrogens (tertiary/aromatic N) is 2. The van der Waals surface area contributed by atoms with E-state index in [-0.39, 0.29) is 11.9 Å². The maximum Gasteiger partial charge on any atom is 0.146 e. The SMILES string of the molecule is N#Cc1ccc(F)c(NC2CCN(P)CC2)c1. The second-order valence-corrected chi connectivity index (χ2v) is 4.99. The highest BCUT2D eigenvalue weighted by atomic mass is 31.0. The van der Waals surface area contributed by atoms with Gasteiger partial charge in [0.15, 0.2) is 0 Å². The molecule has 1 aromatic carbocycles. The highest BCUT2D eigenvalue weighted by molar-refractivity contribution is 7.13. The zero-order chi connectivity index (χ0) is 12.3. The fourth-order valence-electron chi connectivity index (χ4n) is 1.97. The molecule has 1 aliphatic rings. The molecule has 3 nitrogen and oxygen atoms in total. The van der Waals surface area contributed by atoms with Crippen LogP contribution < -0.4 is 5.32 Å². The summed E-state index contributed by atoms with van der Waals surface area (Å²) < 4.78 is 15.7. The summed E-state index contributed by atoms with van der Waals surface area (Å²) in [6.45, 7) is 1.98. The molecule has 0 radical (unpaired) electrons. The molecule has 90 valence electrons. The highest BCUT2D eigenvalue weighted by Gasteiger charge is 2.17. The zero-order valence-electron chi connectivity index (χ0n) is 9.49. The summed E-state index contributed by atoms with van der Waals surface area (Å²) in [5.41, 5.74) is 0.920. The number of piperidine rings is 1. The summed E-state index contributed by atoms with van der Waals surface area (Å²) in [6, 6.07) is 6.71. The Hall–Kier alpha value is -1.17. The monoisotopic (exact) mass is 251 g/mol. The van der Waals surface area contributed by atoms with E-state index in [1.807, 2.05) is 6.07 Å². The van der Waals surface area contributed by atoms with Gasteiger partial charge in [-0.25, -0.2) is 4.39 Å². The van der Waals surface area contributed by atoms with Crippen LogP contribution in [-0.2, 0) is 0 Å². The number of benzene rings is 1. The fourth-order valence-corrected chi connectivity index (χ4v) is 2.27. The number of hydrogen-bond acceptors (Lipinski definition) is 3. The summed E-state index contributed by atoms with van der Waals surface area (Å²) in [5.74, 6) is -0.294. The van der Waals surface area contributed by atoms with Crippen molar-refractivity contribution in [2.75, 3.05) is 18.4 Å². The van der Waals surface area contributed by atoms with E-state index in [0.29, 0.717) is 11.3 Å². The van der Waals surface area contributed by atoms with E-state index in [9.17, 15) is 4.39 Å². The molecule has 1 saturated heterocycles. The molecule has 0 aliphatic carbocycles. The molecular weight excluding hydrogens is 236 g/mol. The molecule has 1 N–H and O–H groups in total. The number of anilines is 1. The topological polar surface area (TPSA) is 39.1 Å². The van der Waals surface area contributed by atoms with E-state index in [1.165, 1.54) is 12.1 Å². The number of halogens is 1. The third-order valence-corrected chi connectivity index (χ3v) is 3.50. The van der Waals surface area contributed by atoms with E-state index in [1.54, 1.807) is 6.07 Å². The first kappa shape index (κ1) is 12.3. The Bertz CT molecular complexity index is 436. The lowest BCUT2D eigenvalue weighted by atomic mass is 10.1. The van der Waals surface area contributed by atoms with Gasteiger partial charge in [-0.1, -0.05) is 9.39 Å². The van der Waals surface area contributed by atoms with Crippen molar-refractivity contribution in [2.24, 2.45) is 0 Å². The minimum atomic E-state index is -0.294. The van der Waals surface area contributed by atoms with Crippen LogP contribution in [0.3, 0.4) is 0 Å². The van der Waals surface area contributed by atoms with Crippen molar-refractivity contribution in [2.45, 2.75) is 18.9 Å². The summed E-state index contributed by atoms with van der Waals surface area (Å²) in [6.07, 6.45) is 1.97. The van der Waals surface area contributed by atoms with Gasteiger partial charge in [-0.15, -0.1) is 0 Å². The lowest BCUT2D eigenvalue weighted by Gasteiger charge is -2.30. The molecule has 5 heteroatoms. The summed E-state index contributed by atoms with van der Waals surface area (Å²) in [7, 11) is 2.68. The molecule has 1 aromatic rings. The molecular formula is C12H15FN3P. The molecule has 2 rings (SSSR count). The minimum Gasteiger partial charge on any atom is -0.380 e. The van der Waals surface area contributed by atoms with E-state index < -0.39 is 0 Å². The van der Waals surface area contributed by atoms with Crippen LogP contribution in [0, 0.1) is 17.1 Å². The first-order valence-electron chi connectivity index (χ1n) is 5.65. The van der Waals surface area contributed by atoms with Gasteiger partial charge in [0, 0.05) is 19.1 Å². The molecule has 0 aromatic heterocycles. The minimum absolute atomic E-state index is 0.287. The largest absolute Gasteiger partial charge is 0.380 e. The lowest BCUT2D eigenvalue weighted by Crippen LogP contribution is -2.34. The lowest BCUT2D eigenvalue weighted by molar-refractivity contribution is 0.357. The van der Waals surface area contributed by atoms with Crippen LogP contribution in [0.15, 0.2) is 18.2 Å². The predicted octanol–water partition coefficient (Wildman–Crippen LogP) is 2.36. The second kappa shape index (κ2) is 5.44. The van der Waals surface area contributed by atoms with Crippen LogP contribution in [0.2, 0.25) is 0 Å². The Morgan fingerprint density at radius 3 is 2.76 bits per heavy atom. The van der Waals surface area contributed by atoms with Crippen molar-refractivity contribution < 1.29 is 4.39 Å². The molecule has 0 spiro atoms. The van der Waals surface area contributed by atoms with Crippen LogP contribution >= 0.6 is 9.39 Å². The summed E-state index contributed by atoms with van der Waals surface area (Å²) >= 11 is 0. The van der Waals surface area contributed by atoms with E-state index in [2.05, 4.69) is 19.4 Å². The fraction of sp³-hybridized carbons (Fsp3) is 0.417. The van der Waals surface area contributed by atoms with Crippen molar-refractivity contribution in [3.63, 3.8) is 0 Å². The van der Waals surface area contributed by atoms with Crippen LogP contribution in [-0.4, -0.2) is 23.8 Å². The molecule has 1 unspecified atom stereocenters. The van der Waals surface area contributed by atoms with Gasteiger partial charge in [-0.2, -0.15) is 5.26 Å². The van der Waals surface area contributed by atoms with Gasteiger partial charge in [0.2, 0.25) is 0 Å². The van der Waals surface area contributed by atoms with Gasteiger partial charge in [-0.3, -0.25) is 4.67 Å².